The highest BCUT2D eigenvalue weighted by Crippen LogP contribution is 2.32. The fraction of sp³-hybridized carbons (Fsp3) is 0.222. The van der Waals surface area contributed by atoms with Gasteiger partial charge in [-0.15, -0.1) is 0 Å². The standard InChI is InChI=1S/C17H13F3N4O.C16H14N4O.C15H13N5O.C14H11N5O.C10H11N5O.C9H9N5O/c1-3-12-13(8-10-5-4-6-11(7-10)17(18,19)20)23-15-14(21-2)9-22-24(15)16(12)25;1-4-11-14(12-8-6-5-7-10(12)2)19-15-13(17-3)9-18-20(15)16(11)21;1-3-11-12(7-10-5-4-6-17-8-10)19-14-13(16-2)9-18-20(14)15(11)21;1-3-9-12(10-6-4-5-7-16-10)18-13-11(15-2)8-17-19(13)14(9)20;1-4-6-5(2)13-9-7(12-3)8(11)14-15(9)10(6)16;1-4-13-6(2)12-8-7(10-3)5-11-14(8)9(13)15/h4-7,9,22H,3,8H2,1H3;5-9,18H,4H2,1-2H3;4-6,8-9,18H,3,7H2,1H3;4-8,17H,3H2,1H3;14H,4,11H2,1-2H3;5H,4H2,1-2H3. The lowest BCUT2D eigenvalue weighted by molar-refractivity contribution is -0.137. The molecule has 0 saturated heterocycles. The van der Waals surface area contributed by atoms with Crippen molar-refractivity contribution < 1.29 is 13.2 Å². The number of benzene rings is 2. The summed E-state index contributed by atoms with van der Waals surface area (Å²) in [7, 11) is 0. The summed E-state index contributed by atoms with van der Waals surface area (Å²) in [5.74, 6) is 0.771. The number of pyridine rings is 2. The van der Waals surface area contributed by atoms with Gasteiger partial charge in [-0.3, -0.25) is 43.6 Å². The number of halogens is 3. The number of anilines is 1. The molecule has 0 spiro atoms. The summed E-state index contributed by atoms with van der Waals surface area (Å²) in [4.78, 5) is 129. The average Bonchev–Trinajstić information content (AvgIpc) is 1.72. The number of hydrogen-bond donors (Lipinski definition) is 6. The topological polar surface area (TPSA) is 381 Å². The van der Waals surface area contributed by atoms with Crippen LogP contribution in [-0.2, 0) is 57.7 Å². The summed E-state index contributed by atoms with van der Waals surface area (Å²) in [5.41, 5.74) is 17.1. The van der Waals surface area contributed by atoms with E-state index in [0.717, 1.165) is 33.3 Å². The molecule has 0 aliphatic carbocycles. The number of nitrogens with zero attached hydrogens (tertiary/aromatic N) is 22. The zero-order valence-corrected chi connectivity index (χ0v) is 64.8. The monoisotopic (exact) mass is 1590 g/mol. The third kappa shape index (κ3) is 16.4. The van der Waals surface area contributed by atoms with Crippen molar-refractivity contribution in [3.63, 3.8) is 0 Å². The van der Waals surface area contributed by atoms with Gasteiger partial charge in [0.2, 0.25) is 22.7 Å². The number of nitrogen functional groups attached to an aromatic ring is 1. The number of rotatable bonds is 12. The van der Waals surface area contributed by atoms with Gasteiger partial charge in [-0.05, 0) is 101 Å². The number of alkyl halides is 3. The zero-order chi connectivity index (χ0) is 85.0. The fourth-order valence-electron chi connectivity index (χ4n) is 13.0. The van der Waals surface area contributed by atoms with Crippen LogP contribution in [0.1, 0.15) is 115 Å². The van der Waals surface area contributed by atoms with Gasteiger partial charge < -0.3 is 26.1 Å². The summed E-state index contributed by atoms with van der Waals surface area (Å²) in [6, 6.07) is 22.0. The van der Waals surface area contributed by atoms with Crippen LogP contribution in [0.5, 0.6) is 0 Å². The SMILES string of the molecule is [C-]#[N+]c1c(N)[nH]n2c(=O)c(CC)c(C)nc12.[C-]#[N+]c1c[nH]n2c(=O)c(CC)c(-c3ccccc3C)nc12.[C-]#[N+]c1c[nH]n2c(=O)c(CC)c(-c3ccccn3)nc12.[C-]#[N+]c1c[nH]n2c(=O)c(CC)c(Cc3cccc(C(F)(F)F)c3)nc12.[C-]#[N+]c1c[nH]n2c(=O)c(CC)c(Cc3cccnc3)nc12.[C-]#[N+]c1cnn2c(=O)n(CC)c(C)nc12. The van der Waals surface area contributed by atoms with Gasteiger partial charge in [0.1, 0.15) is 11.6 Å². The molecule has 592 valence electrons. The highest BCUT2D eigenvalue weighted by Gasteiger charge is 2.31. The predicted molar refractivity (Wildman–Crippen MR) is 435 cm³/mol. The van der Waals surface area contributed by atoms with Crippen molar-refractivity contribution in [3.05, 3.63) is 332 Å². The van der Waals surface area contributed by atoms with E-state index in [-0.39, 0.29) is 62.7 Å². The van der Waals surface area contributed by atoms with Gasteiger partial charge in [-0.25, -0.2) is 86.3 Å². The van der Waals surface area contributed by atoms with Crippen LogP contribution in [0, 0.1) is 60.2 Å². The number of nitrogens with one attached hydrogen (secondary N) is 5. The molecule has 14 heterocycles. The first kappa shape index (κ1) is 82.7. The van der Waals surface area contributed by atoms with Crippen molar-refractivity contribution in [2.75, 3.05) is 5.73 Å². The van der Waals surface area contributed by atoms with Crippen molar-refractivity contribution >= 4 is 73.8 Å². The van der Waals surface area contributed by atoms with Crippen LogP contribution in [0.25, 0.3) is 85.6 Å². The van der Waals surface area contributed by atoms with E-state index in [9.17, 15) is 41.9 Å². The van der Waals surface area contributed by atoms with E-state index >= 15 is 0 Å². The lowest BCUT2D eigenvalue weighted by atomic mass is 10.0. The largest absolute Gasteiger partial charge is 0.416 e. The Morgan fingerprint density at radius 2 is 0.949 bits per heavy atom. The molecule has 34 nitrogen and oxygen atoms in total. The Hall–Kier alpha value is -16.3. The Kier molecular flexibility index (Phi) is 24.9. The molecule has 0 atom stereocenters. The zero-order valence-electron chi connectivity index (χ0n) is 64.8. The molecule has 118 heavy (non-hydrogen) atoms. The van der Waals surface area contributed by atoms with E-state index in [1.54, 1.807) is 51.5 Å². The summed E-state index contributed by atoms with van der Waals surface area (Å²) < 4.78 is 47.7. The maximum absolute atomic E-state index is 12.9. The highest BCUT2D eigenvalue weighted by molar-refractivity contribution is 5.80. The Morgan fingerprint density at radius 1 is 0.466 bits per heavy atom. The van der Waals surface area contributed by atoms with E-state index in [0.29, 0.717) is 169 Å². The maximum Gasteiger partial charge on any atom is 0.416 e. The van der Waals surface area contributed by atoms with Crippen LogP contribution in [0.2, 0.25) is 0 Å². The van der Waals surface area contributed by atoms with Crippen LogP contribution in [0.3, 0.4) is 0 Å². The number of hydrogen-bond acceptors (Lipinski definition) is 16. The minimum atomic E-state index is -4.43. The Bertz CT molecular complexity index is 7210. The average molecular weight is 1590 g/mol. The third-order valence-corrected chi connectivity index (χ3v) is 18.8. The van der Waals surface area contributed by atoms with Gasteiger partial charge in [0.25, 0.3) is 39.2 Å². The third-order valence-electron chi connectivity index (χ3n) is 18.8. The molecule has 37 heteroatoms. The Morgan fingerprint density at radius 3 is 1.42 bits per heavy atom. The first-order chi connectivity index (χ1) is 56.8. The first-order valence-electron chi connectivity index (χ1n) is 36.4. The van der Waals surface area contributed by atoms with Crippen molar-refractivity contribution in [1.82, 2.24) is 102 Å². The molecule has 0 aliphatic rings. The van der Waals surface area contributed by atoms with Gasteiger partial charge in [0, 0.05) is 102 Å². The molecule has 14 aromatic heterocycles. The Labute approximate surface area is 666 Å². The molecule has 0 amide bonds. The van der Waals surface area contributed by atoms with Gasteiger partial charge in [-0.2, -0.15) is 22.8 Å². The number of aromatic nitrogens is 21. The second-order valence-corrected chi connectivity index (χ2v) is 25.8. The minimum Gasteiger partial charge on any atom is -0.393 e. The summed E-state index contributed by atoms with van der Waals surface area (Å²) >= 11 is 0. The molecule has 0 unspecified atom stereocenters. The van der Waals surface area contributed by atoms with E-state index in [2.05, 4.69) is 99.5 Å². The predicted octanol–water partition coefficient (Wildman–Crippen LogP) is 13.0. The van der Waals surface area contributed by atoms with Crippen molar-refractivity contribution in [3.8, 4) is 22.6 Å². The van der Waals surface area contributed by atoms with Gasteiger partial charge in [-0.1, -0.05) is 89.2 Å². The quantitative estimate of drug-likeness (QED) is 0.0619. The number of nitrogens with two attached hydrogens (primary N) is 1. The minimum absolute atomic E-state index is 0.0848. The van der Waals surface area contributed by atoms with Crippen LogP contribution in [0.15, 0.2) is 157 Å². The number of aryl methyl sites for hydroxylation is 3. The van der Waals surface area contributed by atoms with Crippen LogP contribution >= 0.6 is 0 Å². The Balaban J connectivity index is 0.000000140. The first-order valence-corrected chi connectivity index (χ1v) is 36.4. The molecule has 16 aromatic rings. The van der Waals surface area contributed by atoms with E-state index in [1.807, 2.05) is 90.1 Å². The number of aromatic amines is 5. The van der Waals surface area contributed by atoms with Crippen LogP contribution in [0.4, 0.5) is 53.1 Å². The smallest absolute Gasteiger partial charge is 0.393 e. The molecular weight excluding hydrogens is 1520 g/mol. The molecule has 0 radical (unpaired) electrons. The second-order valence-electron chi connectivity index (χ2n) is 25.8. The summed E-state index contributed by atoms with van der Waals surface area (Å²) in [6.07, 6.45) is 11.3. The fourth-order valence-corrected chi connectivity index (χ4v) is 13.0. The normalized spacial score (nSPS) is 10.8. The molecule has 0 aliphatic heterocycles. The highest BCUT2D eigenvalue weighted by atomic mass is 19.4. The molecule has 16 rings (SSSR count). The van der Waals surface area contributed by atoms with E-state index in [4.69, 9.17) is 45.2 Å². The maximum atomic E-state index is 12.9. The lowest BCUT2D eigenvalue weighted by Gasteiger charge is -2.11. The van der Waals surface area contributed by atoms with Gasteiger partial charge >= 0.3 is 11.9 Å². The summed E-state index contributed by atoms with van der Waals surface area (Å²) in [5, 5.41) is 17.5. The number of H-pyrrole nitrogens is 5. The van der Waals surface area contributed by atoms with Crippen LogP contribution < -0.4 is 39.2 Å². The second kappa shape index (κ2) is 35.6. The van der Waals surface area contributed by atoms with Crippen molar-refractivity contribution in [1.29, 1.82) is 0 Å². The molecule has 0 saturated carbocycles. The molecular formula is C81H71F3N28O6. The lowest BCUT2D eigenvalue weighted by Crippen LogP contribution is -2.29. The summed E-state index contributed by atoms with van der Waals surface area (Å²) in [6.45, 7) is 59.8. The van der Waals surface area contributed by atoms with Crippen LogP contribution in [-0.4, -0.2) is 102 Å². The van der Waals surface area contributed by atoms with Crippen molar-refractivity contribution in [2.45, 2.75) is 120 Å². The molecule has 0 fully saturated rings. The van der Waals surface area contributed by atoms with Crippen molar-refractivity contribution in [2.24, 2.45) is 0 Å². The van der Waals surface area contributed by atoms with Gasteiger partial charge in [0.05, 0.1) is 79.7 Å². The van der Waals surface area contributed by atoms with E-state index < -0.39 is 11.7 Å². The number of fused-ring (bicyclic) bond motifs is 6. The van der Waals surface area contributed by atoms with E-state index in [1.165, 1.54) is 64.2 Å². The molecule has 7 N–H and O–H groups in total. The molecule has 0 bridgehead atoms. The van der Waals surface area contributed by atoms with Gasteiger partial charge in [0.15, 0.2) is 33.9 Å². The molecule has 2 aromatic carbocycles.